The number of halogens is 1. The van der Waals surface area contributed by atoms with Crippen molar-refractivity contribution in [2.45, 2.75) is 50.7 Å². The molecule has 2 aromatic rings. The number of carbonyl (C=O) groups is 1. The number of nitrogens with one attached hydrogen (secondary N) is 1. The van der Waals surface area contributed by atoms with Crippen LogP contribution in [0.25, 0.3) is 10.9 Å². The fourth-order valence-corrected chi connectivity index (χ4v) is 4.42. The van der Waals surface area contributed by atoms with Gasteiger partial charge in [-0.15, -0.1) is 12.4 Å². The Morgan fingerprint density at radius 3 is 2.81 bits per heavy atom. The first-order chi connectivity index (χ1) is 12.1. The third-order valence-corrected chi connectivity index (χ3v) is 5.80. The zero-order valence-corrected chi connectivity index (χ0v) is 16.1. The molecule has 2 aliphatic heterocycles. The van der Waals surface area contributed by atoms with Crippen LogP contribution in [0.3, 0.4) is 0 Å². The molecule has 1 fully saturated rings. The van der Waals surface area contributed by atoms with Crippen molar-refractivity contribution in [3.8, 4) is 0 Å². The molecular weight excluding hydrogens is 350 g/mol. The Balaban J connectivity index is 0.00000196. The monoisotopic (exact) mass is 377 g/mol. The summed E-state index contributed by atoms with van der Waals surface area (Å²) < 4.78 is 6.30. The first-order valence-electron chi connectivity index (χ1n) is 9.43. The van der Waals surface area contributed by atoms with Crippen molar-refractivity contribution in [3.63, 3.8) is 0 Å². The lowest BCUT2D eigenvalue weighted by Gasteiger charge is -2.44. The Morgan fingerprint density at radius 1 is 1.35 bits per heavy atom. The van der Waals surface area contributed by atoms with Gasteiger partial charge in [-0.25, -0.2) is 0 Å². The van der Waals surface area contributed by atoms with Crippen LogP contribution >= 0.6 is 12.4 Å². The average molecular weight is 378 g/mol. The van der Waals surface area contributed by atoms with Gasteiger partial charge < -0.3 is 20.4 Å². The molecule has 1 spiro atoms. The van der Waals surface area contributed by atoms with Crippen molar-refractivity contribution in [3.05, 3.63) is 35.5 Å². The number of aromatic amines is 1. The third-order valence-electron chi connectivity index (χ3n) is 5.80. The minimum atomic E-state index is -0.366. The molecule has 1 aromatic heterocycles. The average Bonchev–Trinajstić information content (AvgIpc) is 3.03. The van der Waals surface area contributed by atoms with Gasteiger partial charge in [0.25, 0.3) is 0 Å². The number of piperidine rings is 1. The number of nitrogens with zero attached hydrogens (tertiary/aromatic N) is 1. The number of fused-ring (bicyclic) bond motifs is 4. The lowest BCUT2D eigenvalue weighted by atomic mass is 9.83. The molecule has 1 atom stereocenters. The fourth-order valence-electron chi connectivity index (χ4n) is 4.42. The Kier molecular flexibility index (Phi) is 5.61. The first kappa shape index (κ1) is 19.2. The number of rotatable bonds is 3. The van der Waals surface area contributed by atoms with Gasteiger partial charge in [-0.1, -0.05) is 31.5 Å². The predicted molar refractivity (Wildman–Crippen MR) is 106 cm³/mol. The summed E-state index contributed by atoms with van der Waals surface area (Å²) in [6.07, 6.45) is 4.30. The predicted octanol–water partition coefficient (Wildman–Crippen LogP) is 3.11. The molecule has 2 aliphatic rings. The van der Waals surface area contributed by atoms with Crippen molar-refractivity contribution >= 4 is 29.2 Å². The molecule has 0 bridgehead atoms. The molecular formula is C20H28ClN3O2. The molecule has 0 saturated carbocycles. The van der Waals surface area contributed by atoms with Crippen LogP contribution in [-0.2, 0) is 21.6 Å². The van der Waals surface area contributed by atoms with Crippen molar-refractivity contribution in [2.24, 2.45) is 5.73 Å². The highest BCUT2D eigenvalue weighted by molar-refractivity contribution is 5.86. The number of benzene rings is 1. The van der Waals surface area contributed by atoms with E-state index in [2.05, 4.69) is 36.2 Å². The quantitative estimate of drug-likeness (QED) is 0.863. The maximum Gasteiger partial charge on any atom is 0.239 e. The number of carbonyl (C=O) groups excluding carboxylic acids is 1. The van der Waals surface area contributed by atoms with E-state index in [4.69, 9.17) is 10.5 Å². The van der Waals surface area contributed by atoms with E-state index in [0.717, 1.165) is 38.7 Å². The number of likely N-dealkylation sites (tertiary alicyclic amines) is 1. The molecule has 1 saturated heterocycles. The van der Waals surface area contributed by atoms with Gasteiger partial charge >= 0.3 is 0 Å². The Morgan fingerprint density at radius 2 is 2.08 bits per heavy atom. The second-order valence-electron chi connectivity index (χ2n) is 7.34. The topological polar surface area (TPSA) is 71.3 Å². The summed E-state index contributed by atoms with van der Waals surface area (Å²) in [6.45, 7) is 4.24. The molecule has 4 rings (SSSR count). The van der Waals surface area contributed by atoms with Crippen molar-refractivity contribution in [1.82, 2.24) is 9.88 Å². The number of amides is 1. The molecule has 1 aromatic carbocycles. The lowest BCUT2D eigenvalue weighted by molar-refractivity contribution is -0.142. The van der Waals surface area contributed by atoms with Crippen LogP contribution in [-0.4, -0.2) is 41.5 Å². The molecule has 0 unspecified atom stereocenters. The van der Waals surface area contributed by atoms with Gasteiger partial charge in [0.2, 0.25) is 5.91 Å². The van der Waals surface area contributed by atoms with Gasteiger partial charge in [0.15, 0.2) is 0 Å². The van der Waals surface area contributed by atoms with Gasteiger partial charge in [-0.2, -0.15) is 0 Å². The Hall–Kier alpha value is -1.56. The van der Waals surface area contributed by atoms with E-state index in [0.29, 0.717) is 13.1 Å². The van der Waals surface area contributed by atoms with Gasteiger partial charge in [0, 0.05) is 24.0 Å². The molecule has 5 nitrogen and oxygen atoms in total. The van der Waals surface area contributed by atoms with Crippen LogP contribution in [0.15, 0.2) is 24.3 Å². The number of nitrogens with two attached hydrogens (primary N) is 1. The second kappa shape index (κ2) is 7.59. The van der Waals surface area contributed by atoms with E-state index >= 15 is 0 Å². The maximum atomic E-state index is 12.5. The molecule has 0 aliphatic carbocycles. The zero-order chi connectivity index (χ0) is 17.4. The summed E-state index contributed by atoms with van der Waals surface area (Å²) in [4.78, 5) is 18.0. The smallest absolute Gasteiger partial charge is 0.239 e. The van der Waals surface area contributed by atoms with Crippen LogP contribution in [0.1, 0.15) is 43.9 Å². The second-order valence-corrected chi connectivity index (χ2v) is 7.34. The number of ether oxygens (including phenoxy) is 1. The van der Waals surface area contributed by atoms with Crippen LogP contribution < -0.4 is 5.73 Å². The number of hydrogen-bond donors (Lipinski definition) is 2. The van der Waals surface area contributed by atoms with Crippen molar-refractivity contribution in [1.29, 1.82) is 0 Å². The molecule has 142 valence electrons. The minimum absolute atomic E-state index is 0. The van der Waals surface area contributed by atoms with Gasteiger partial charge in [-0.3, -0.25) is 4.79 Å². The summed E-state index contributed by atoms with van der Waals surface area (Å²) in [6, 6.07) is 8.11. The molecule has 0 radical (unpaired) electrons. The summed E-state index contributed by atoms with van der Waals surface area (Å²) in [5, 5.41) is 1.31. The number of hydrogen-bond acceptors (Lipinski definition) is 3. The van der Waals surface area contributed by atoms with E-state index in [1.54, 1.807) is 0 Å². The fraction of sp³-hybridized carbons (Fsp3) is 0.550. The lowest BCUT2D eigenvalue weighted by Crippen LogP contribution is -2.52. The highest BCUT2D eigenvalue weighted by Crippen LogP contribution is 2.43. The van der Waals surface area contributed by atoms with E-state index < -0.39 is 0 Å². The van der Waals surface area contributed by atoms with E-state index in [1.807, 2.05) is 4.90 Å². The highest BCUT2D eigenvalue weighted by Gasteiger charge is 2.43. The number of aromatic nitrogens is 1. The maximum absolute atomic E-state index is 12.5. The van der Waals surface area contributed by atoms with Gasteiger partial charge in [0.05, 0.1) is 18.3 Å². The van der Waals surface area contributed by atoms with E-state index in [1.165, 1.54) is 22.2 Å². The summed E-state index contributed by atoms with van der Waals surface area (Å²) in [7, 11) is 0. The van der Waals surface area contributed by atoms with Crippen LogP contribution in [0.4, 0.5) is 0 Å². The third kappa shape index (κ3) is 3.13. The van der Waals surface area contributed by atoms with E-state index in [-0.39, 0.29) is 30.0 Å². The molecule has 3 N–H and O–H groups in total. The van der Waals surface area contributed by atoms with Gasteiger partial charge in [0.1, 0.15) is 5.60 Å². The molecule has 6 heteroatoms. The van der Waals surface area contributed by atoms with E-state index in [9.17, 15) is 4.79 Å². The number of para-hydroxylation sites is 1. The molecule has 1 amide bonds. The van der Waals surface area contributed by atoms with Crippen LogP contribution in [0, 0.1) is 0 Å². The highest BCUT2D eigenvalue weighted by atomic mass is 35.5. The normalized spacial score (nSPS) is 19.8. The van der Waals surface area contributed by atoms with Gasteiger partial charge in [-0.05, 0) is 37.3 Å². The van der Waals surface area contributed by atoms with Crippen LogP contribution in [0.2, 0.25) is 0 Å². The van der Waals surface area contributed by atoms with Crippen molar-refractivity contribution < 1.29 is 9.53 Å². The summed E-state index contributed by atoms with van der Waals surface area (Å²) in [5.41, 5.74) is 9.55. The summed E-state index contributed by atoms with van der Waals surface area (Å²) in [5.74, 6) is 0.0874. The SMILES string of the molecule is CCC[C@H](N)C(=O)N1CCC2(CC1)OCCc1c2[nH]c2ccccc12.Cl. The van der Waals surface area contributed by atoms with Crippen molar-refractivity contribution in [2.75, 3.05) is 19.7 Å². The Bertz CT molecular complexity index is 780. The zero-order valence-electron chi connectivity index (χ0n) is 15.3. The summed E-state index contributed by atoms with van der Waals surface area (Å²) >= 11 is 0. The van der Waals surface area contributed by atoms with Crippen LogP contribution in [0.5, 0.6) is 0 Å². The Labute approximate surface area is 160 Å². The number of H-pyrrole nitrogens is 1. The first-order valence-corrected chi connectivity index (χ1v) is 9.43. The standard InChI is InChI=1S/C20H27N3O2.ClH/c1-2-5-16(21)19(24)23-11-9-20(10-12-23)18-15(8-13-25-20)14-6-3-4-7-17(14)22-18;/h3-4,6-7,16,22H,2,5,8-13,21H2,1H3;1H/t16-;/m0./s1. The largest absolute Gasteiger partial charge is 0.368 e. The molecule has 26 heavy (non-hydrogen) atoms. The molecule has 3 heterocycles. The minimum Gasteiger partial charge on any atom is -0.368 e.